The molecule has 26 heteroatoms. The molecule has 0 aromatic carbocycles. The lowest BCUT2D eigenvalue weighted by atomic mass is 9.89. The van der Waals surface area contributed by atoms with Crippen LogP contribution in [0.2, 0.25) is 0 Å². The number of hydrogen-bond acceptors (Lipinski definition) is 13. The number of rotatable bonds is 19. The molecule has 3 N–H and O–H groups in total. The van der Waals surface area contributed by atoms with E-state index in [9.17, 15) is 86.1 Å². The molecule has 1 aliphatic heterocycles. The number of carbonyl (C=O) groups is 4. The topological polar surface area (TPSA) is 209 Å². The minimum Gasteiger partial charge on any atom is -0.462 e. The Bertz CT molecular complexity index is 1880. The Hall–Kier alpha value is -3.10. The van der Waals surface area contributed by atoms with E-state index < -0.39 is 140 Å². The average Bonchev–Trinajstić information content (AvgIpc) is 3.39. The van der Waals surface area contributed by atoms with Crippen LogP contribution in [0.3, 0.4) is 0 Å². The van der Waals surface area contributed by atoms with Crippen molar-refractivity contribution >= 4 is 34.0 Å². The van der Waals surface area contributed by atoms with Gasteiger partial charge in [-0.1, -0.05) is 62.8 Å². The summed E-state index contributed by atoms with van der Waals surface area (Å²) in [6, 6.07) is 0. The van der Waals surface area contributed by atoms with Crippen LogP contribution >= 0.6 is 0 Å². The molecule has 1 aliphatic rings. The molecule has 0 bridgehead atoms. The van der Waals surface area contributed by atoms with Crippen LogP contribution in [0, 0.1) is 28.1 Å². The van der Waals surface area contributed by atoms with Gasteiger partial charge in [0.1, 0.15) is 12.2 Å². The van der Waals surface area contributed by atoms with Crippen molar-refractivity contribution in [1.82, 2.24) is 0 Å². The van der Waals surface area contributed by atoms with Crippen molar-refractivity contribution in [3.8, 4) is 0 Å². The van der Waals surface area contributed by atoms with Crippen LogP contribution in [0.5, 0.6) is 0 Å². The number of halogens is 11. The van der Waals surface area contributed by atoms with Crippen molar-refractivity contribution in [2.24, 2.45) is 28.1 Å². The van der Waals surface area contributed by atoms with Crippen LogP contribution in [-0.2, 0) is 53.0 Å². The smallest absolute Gasteiger partial charge is 0.462 e. The highest BCUT2D eigenvalue weighted by atomic mass is 32.2. The van der Waals surface area contributed by atoms with Gasteiger partial charge in [-0.3, -0.25) is 23.7 Å². The van der Waals surface area contributed by atoms with Gasteiger partial charge >= 0.3 is 54.1 Å². The van der Waals surface area contributed by atoms with Gasteiger partial charge in [0.25, 0.3) is 10.1 Å². The monoisotopic (exact) mass is 1130 g/mol. The number of aliphatic hydroxyl groups is 2. The Labute approximate surface area is 430 Å². The maximum Gasteiger partial charge on any atom is 0.462 e. The Morgan fingerprint density at radius 2 is 1.00 bits per heavy atom. The summed E-state index contributed by atoms with van der Waals surface area (Å²) in [5.74, 6) is -14.2. The zero-order valence-electron chi connectivity index (χ0n) is 45.4. The summed E-state index contributed by atoms with van der Waals surface area (Å²) in [7, 11) is -3.75. The van der Waals surface area contributed by atoms with Crippen molar-refractivity contribution < 1.29 is 114 Å². The van der Waals surface area contributed by atoms with E-state index >= 15 is 0 Å². The first-order chi connectivity index (χ1) is 32.0. The van der Waals surface area contributed by atoms with Gasteiger partial charge in [0.15, 0.2) is 11.2 Å². The van der Waals surface area contributed by atoms with Gasteiger partial charge in [0, 0.05) is 12.8 Å². The standard InChI is InChI=1S/C16H23F5O5.C15H27F3O3.C12H21F3O3.C4H10O3S.CH4/c1-7-12(4,5)11(23)26-13(6)8-24-15(14(13,17)18,16(19,20)21)25-10(22)9(2)3;1-7-13(4,5)12(19)21-11(8-10(2)3)9-14(6,20)15(16,17)18;1-6-10(3,4)9(16)18-8(2)7-11(5,17)12(13,14)15;1-3-4(2)8(5,6)7;/h9H,7-8H2,1-6H3;10-11,20H,7-9H2,1-6H3;8,17H,6-7H2,1-5H3;4H,3H2,1-2H3,(H,5,6,7);1H4. The second-order valence-electron chi connectivity index (χ2n) is 21.4. The second kappa shape index (κ2) is 28.0. The van der Waals surface area contributed by atoms with Crippen molar-refractivity contribution in [3.63, 3.8) is 0 Å². The zero-order valence-corrected chi connectivity index (χ0v) is 46.3. The van der Waals surface area contributed by atoms with E-state index in [1.165, 1.54) is 41.5 Å². The van der Waals surface area contributed by atoms with Crippen LogP contribution in [0.4, 0.5) is 48.3 Å². The van der Waals surface area contributed by atoms with E-state index in [1.54, 1.807) is 48.5 Å². The first-order valence-corrected chi connectivity index (χ1v) is 25.0. The van der Waals surface area contributed by atoms with Gasteiger partial charge in [-0.25, -0.2) is 0 Å². The SMILES string of the molecule is C.CCC(C)(C)C(=O)OC(C)CC(C)(O)C(F)(F)F.CCC(C)(C)C(=O)OC(CC(C)C)CC(C)(O)C(F)(F)F.CCC(C)(C)C(=O)OC1(C)COC(OC(=O)C(C)C)(C(F)(F)F)C1(F)F.CCC(C)S(=O)(=O)O. The fourth-order valence-electron chi connectivity index (χ4n) is 5.15. The summed E-state index contributed by atoms with van der Waals surface area (Å²) in [6.45, 7) is 25.9. The Kier molecular flexibility index (Phi) is 29.3. The molecule has 0 spiro atoms. The highest BCUT2D eigenvalue weighted by Gasteiger charge is 2.86. The van der Waals surface area contributed by atoms with Gasteiger partial charge in [0.05, 0.1) is 34.0 Å². The fraction of sp³-hybridized carbons (Fsp3) is 0.917. The molecule has 0 aliphatic carbocycles. The van der Waals surface area contributed by atoms with Crippen LogP contribution < -0.4 is 0 Å². The normalized spacial score (nSPS) is 21.2. The third-order valence-corrected chi connectivity index (χ3v) is 13.6. The molecule has 14 nitrogen and oxygen atoms in total. The minimum atomic E-state index is -5.76. The predicted molar refractivity (Wildman–Crippen MR) is 253 cm³/mol. The largest absolute Gasteiger partial charge is 0.462 e. The quantitative estimate of drug-likeness (QED) is 0.0476. The molecule has 444 valence electrons. The van der Waals surface area contributed by atoms with E-state index in [0.29, 0.717) is 40.0 Å². The van der Waals surface area contributed by atoms with Crippen LogP contribution in [-0.4, -0.2) is 118 Å². The number of hydrogen-bond donors (Lipinski definition) is 3. The second-order valence-corrected chi connectivity index (χ2v) is 23.3. The summed E-state index contributed by atoms with van der Waals surface area (Å²) < 4.78 is 198. The Morgan fingerprint density at radius 3 is 1.30 bits per heavy atom. The average molecular weight is 1130 g/mol. The fourth-order valence-corrected chi connectivity index (χ4v) is 5.57. The number of ether oxygens (including phenoxy) is 5. The lowest BCUT2D eigenvalue weighted by Crippen LogP contribution is -2.65. The lowest BCUT2D eigenvalue weighted by molar-refractivity contribution is -0.410. The van der Waals surface area contributed by atoms with Gasteiger partial charge in [0.2, 0.25) is 5.60 Å². The molecule has 0 aromatic heterocycles. The molecule has 0 radical (unpaired) electrons. The number of alkyl halides is 11. The molecule has 0 aromatic rings. The minimum absolute atomic E-state index is 0. The van der Waals surface area contributed by atoms with E-state index in [0.717, 1.165) is 0 Å². The Morgan fingerprint density at radius 1 is 0.635 bits per heavy atom. The van der Waals surface area contributed by atoms with Crippen molar-refractivity contribution in [2.75, 3.05) is 6.61 Å². The summed E-state index contributed by atoms with van der Waals surface area (Å²) >= 11 is 0. The van der Waals surface area contributed by atoms with Gasteiger partial charge in [-0.2, -0.15) is 56.7 Å². The predicted octanol–water partition coefficient (Wildman–Crippen LogP) is 12.3. The highest BCUT2D eigenvalue weighted by molar-refractivity contribution is 7.86. The highest BCUT2D eigenvalue weighted by Crippen LogP contribution is 2.57. The van der Waals surface area contributed by atoms with E-state index in [1.807, 2.05) is 20.8 Å². The van der Waals surface area contributed by atoms with Crippen LogP contribution in [0.25, 0.3) is 0 Å². The van der Waals surface area contributed by atoms with E-state index in [2.05, 4.69) is 9.47 Å². The maximum atomic E-state index is 14.9. The Balaban J connectivity index is -0.000000465. The van der Waals surface area contributed by atoms with Gasteiger partial charge in [-0.15, -0.1) is 0 Å². The van der Waals surface area contributed by atoms with E-state index in [4.69, 9.17) is 18.8 Å². The number of esters is 4. The molecule has 1 rings (SSSR count). The molecule has 7 unspecified atom stereocenters. The van der Waals surface area contributed by atoms with Crippen molar-refractivity contribution in [1.29, 1.82) is 0 Å². The van der Waals surface area contributed by atoms with Crippen LogP contribution in [0.1, 0.15) is 184 Å². The molecule has 1 fully saturated rings. The summed E-state index contributed by atoms with van der Waals surface area (Å²) in [5, 5.41) is 18.2. The first-order valence-electron chi connectivity index (χ1n) is 23.5. The summed E-state index contributed by atoms with van der Waals surface area (Å²) in [4.78, 5) is 47.5. The van der Waals surface area contributed by atoms with Gasteiger partial charge < -0.3 is 33.9 Å². The molecular weight excluding hydrogens is 1040 g/mol. The third-order valence-electron chi connectivity index (χ3n) is 12.3. The molecule has 7 atom stereocenters. The first kappa shape index (κ1) is 77.4. The molecular formula is C48H85F11O14S. The molecule has 74 heavy (non-hydrogen) atoms. The molecule has 1 saturated heterocycles. The van der Waals surface area contributed by atoms with E-state index in [-0.39, 0.29) is 26.2 Å². The maximum absolute atomic E-state index is 14.9. The molecule has 0 saturated carbocycles. The molecule has 1 heterocycles. The summed E-state index contributed by atoms with van der Waals surface area (Å²) in [6.07, 6.45) is -16.6. The third kappa shape index (κ3) is 22.1. The van der Waals surface area contributed by atoms with Crippen LogP contribution in [0.15, 0.2) is 0 Å². The zero-order chi connectivity index (χ0) is 59.4. The summed E-state index contributed by atoms with van der Waals surface area (Å²) in [5.41, 5.74) is -11.4. The van der Waals surface area contributed by atoms with Gasteiger partial charge in [-0.05, 0) is 114 Å². The van der Waals surface area contributed by atoms with Crippen molar-refractivity contribution in [2.45, 2.75) is 248 Å². The molecule has 0 amide bonds. The van der Waals surface area contributed by atoms with Crippen molar-refractivity contribution in [3.05, 3.63) is 0 Å². The lowest BCUT2D eigenvalue weighted by Gasteiger charge is -2.39. The number of carbonyl (C=O) groups excluding carboxylic acids is 4.